The number of hydrogen-bond acceptors (Lipinski definition) is 8. The number of carboxylic acid groups (broad SMARTS) is 3. The maximum absolute atomic E-state index is 13.1. The second-order valence-electron chi connectivity index (χ2n) is 8.32. The van der Waals surface area contributed by atoms with Crippen molar-refractivity contribution in [2.45, 2.75) is 69.1 Å². The van der Waals surface area contributed by atoms with Gasteiger partial charge in [0.15, 0.2) is 0 Å². The summed E-state index contributed by atoms with van der Waals surface area (Å²) in [4.78, 5) is 78.5. The normalized spacial score (nSPS) is 17.4. The Morgan fingerprint density at radius 2 is 1.53 bits per heavy atom. The van der Waals surface area contributed by atoms with E-state index >= 15 is 0 Å². The van der Waals surface area contributed by atoms with E-state index < -0.39 is 79.1 Å². The number of carbonyl (C=O) groups is 6. The van der Waals surface area contributed by atoms with Gasteiger partial charge in [0.1, 0.15) is 18.1 Å². The van der Waals surface area contributed by atoms with Crippen molar-refractivity contribution in [3.8, 4) is 0 Å². The van der Waals surface area contributed by atoms with Crippen LogP contribution in [0.4, 0.5) is 0 Å². The third-order valence-electron chi connectivity index (χ3n) is 5.53. The highest BCUT2D eigenvalue weighted by molar-refractivity contribution is 5.94. The van der Waals surface area contributed by atoms with Crippen LogP contribution in [0.1, 0.15) is 44.2 Å². The molecule has 198 valence electrons. The number of nitrogens with one attached hydrogen (secondary N) is 5. The molecule has 15 nitrogen and oxygen atoms in total. The zero-order chi connectivity index (χ0) is 26.7. The summed E-state index contributed by atoms with van der Waals surface area (Å²) in [5.74, 6) is -6.21. The van der Waals surface area contributed by atoms with E-state index in [1.54, 1.807) is 0 Å². The number of H-pyrrole nitrogens is 1. The SMILES string of the molecule is O=C(O)CCC(NC(=O)C(CCC(=O)O)NC(=O)C(Cc1cnc[nH]1)NC(=O)C1CCCN1)C(=O)O. The molecular weight excluding hydrogens is 480 g/mol. The largest absolute Gasteiger partial charge is 0.481 e. The van der Waals surface area contributed by atoms with Crippen molar-refractivity contribution in [2.24, 2.45) is 0 Å². The van der Waals surface area contributed by atoms with E-state index in [4.69, 9.17) is 10.2 Å². The minimum Gasteiger partial charge on any atom is -0.481 e. The number of amides is 3. The Morgan fingerprint density at radius 3 is 2.06 bits per heavy atom. The Kier molecular flexibility index (Phi) is 10.8. The van der Waals surface area contributed by atoms with Gasteiger partial charge < -0.3 is 41.6 Å². The van der Waals surface area contributed by atoms with Gasteiger partial charge in [0.05, 0.1) is 12.4 Å². The van der Waals surface area contributed by atoms with Gasteiger partial charge in [-0.3, -0.25) is 24.0 Å². The first kappa shape index (κ1) is 28.2. The summed E-state index contributed by atoms with van der Waals surface area (Å²) in [7, 11) is 0. The van der Waals surface area contributed by atoms with E-state index in [0.29, 0.717) is 18.7 Å². The van der Waals surface area contributed by atoms with Crippen molar-refractivity contribution in [1.82, 2.24) is 31.2 Å². The fourth-order valence-corrected chi connectivity index (χ4v) is 3.61. The Balaban J connectivity index is 2.15. The smallest absolute Gasteiger partial charge is 0.326 e. The Hall–Kier alpha value is -4.01. The number of aromatic amines is 1. The Morgan fingerprint density at radius 1 is 0.917 bits per heavy atom. The highest BCUT2D eigenvalue weighted by atomic mass is 16.4. The molecule has 8 N–H and O–H groups in total. The first-order valence-corrected chi connectivity index (χ1v) is 11.3. The van der Waals surface area contributed by atoms with Crippen LogP contribution in [-0.2, 0) is 35.2 Å². The molecule has 1 aromatic heterocycles. The average Bonchev–Trinajstić information content (AvgIpc) is 3.52. The first-order valence-electron chi connectivity index (χ1n) is 11.3. The molecule has 1 aromatic rings. The molecule has 36 heavy (non-hydrogen) atoms. The number of hydrogen-bond donors (Lipinski definition) is 8. The van der Waals surface area contributed by atoms with Gasteiger partial charge in [-0.05, 0) is 32.2 Å². The zero-order valence-electron chi connectivity index (χ0n) is 19.4. The molecule has 2 rings (SSSR count). The summed E-state index contributed by atoms with van der Waals surface area (Å²) >= 11 is 0. The standard InChI is InChI=1S/C21H30N6O9/c28-16(29)5-3-13(19(33)26-14(21(35)36)4-6-17(30)31)25-20(34)15(8-11-9-22-10-24-11)27-18(32)12-2-1-7-23-12/h9-10,12-15,23H,1-8H2,(H,22,24)(H,25,34)(H,26,33)(H,27,32)(H,28,29)(H,30,31)(H,35,36). The van der Waals surface area contributed by atoms with E-state index in [9.17, 15) is 33.9 Å². The monoisotopic (exact) mass is 510 g/mol. The van der Waals surface area contributed by atoms with E-state index in [0.717, 1.165) is 6.42 Å². The van der Waals surface area contributed by atoms with Crippen molar-refractivity contribution >= 4 is 35.6 Å². The van der Waals surface area contributed by atoms with Gasteiger partial charge in [0.25, 0.3) is 0 Å². The van der Waals surface area contributed by atoms with E-state index in [1.807, 2.05) is 0 Å². The minimum absolute atomic E-state index is 0.00603. The lowest BCUT2D eigenvalue weighted by Crippen LogP contribution is -2.57. The fourth-order valence-electron chi connectivity index (χ4n) is 3.61. The molecule has 1 aliphatic rings. The van der Waals surface area contributed by atoms with E-state index in [-0.39, 0.29) is 12.8 Å². The number of aliphatic carboxylic acids is 3. The van der Waals surface area contributed by atoms with Crippen LogP contribution in [0.5, 0.6) is 0 Å². The van der Waals surface area contributed by atoms with Crippen LogP contribution in [0.25, 0.3) is 0 Å². The molecule has 0 aromatic carbocycles. The Labute approximate surface area is 205 Å². The molecule has 0 aliphatic carbocycles. The first-order chi connectivity index (χ1) is 17.1. The molecule has 4 atom stereocenters. The molecule has 3 amide bonds. The quantitative estimate of drug-likeness (QED) is 0.128. The number of imidazole rings is 1. The van der Waals surface area contributed by atoms with Crippen molar-refractivity contribution < 1.29 is 44.1 Å². The van der Waals surface area contributed by atoms with E-state index in [1.165, 1.54) is 12.5 Å². The summed E-state index contributed by atoms with van der Waals surface area (Å²) in [6, 6.07) is -4.65. The van der Waals surface area contributed by atoms with Gasteiger partial charge in [-0.2, -0.15) is 0 Å². The number of carboxylic acids is 3. The molecule has 1 saturated heterocycles. The van der Waals surface area contributed by atoms with Gasteiger partial charge in [-0.1, -0.05) is 0 Å². The van der Waals surface area contributed by atoms with Crippen molar-refractivity contribution in [3.05, 3.63) is 18.2 Å². The predicted molar refractivity (Wildman–Crippen MR) is 120 cm³/mol. The van der Waals surface area contributed by atoms with Crippen LogP contribution >= 0.6 is 0 Å². The highest BCUT2D eigenvalue weighted by Crippen LogP contribution is 2.08. The van der Waals surface area contributed by atoms with Gasteiger partial charge in [-0.15, -0.1) is 0 Å². The lowest BCUT2D eigenvalue weighted by Gasteiger charge is -2.25. The fraction of sp³-hybridized carbons (Fsp3) is 0.571. The van der Waals surface area contributed by atoms with Gasteiger partial charge >= 0.3 is 17.9 Å². The van der Waals surface area contributed by atoms with Gasteiger partial charge in [-0.25, -0.2) is 9.78 Å². The minimum atomic E-state index is -1.56. The second-order valence-corrected chi connectivity index (χ2v) is 8.32. The number of rotatable bonds is 15. The van der Waals surface area contributed by atoms with Crippen molar-refractivity contribution in [2.75, 3.05) is 6.54 Å². The predicted octanol–water partition coefficient (Wildman–Crippen LogP) is -2.03. The molecule has 0 radical (unpaired) electrons. The summed E-state index contributed by atoms with van der Waals surface area (Å²) in [5, 5.41) is 37.3. The zero-order valence-corrected chi connectivity index (χ0v) is 19.4. The van der Waals surface area contributed by atoms with Crippen LogP contribution < -0.4 is 21.3 Å². The molecule has 4 unspecified atom stereocenters. The lowest BCUT2D eigenvalue weighted by atomic mass is 10.1. The lowest BCUT2D eigenvalue weighted by molar-refractivity contribution is -0.144. The molecule has 1 fully saturated rings. The van der Waals surface area contributed by atoms with Crippen LogP contribution in [0, 0.1) is 0 Å². The molecule has 0 spiro atoms. The van der Waals surface area contributed by atoms with Crippen LogP contribution in [0.15, 0.2) is 12.5 Å². The summed E-state index contributed by atoms with van der Waals surface area (Å²) in [6.45, 7) is 0.652. The molecule has 1 aliphatic heterocycles. The summed E-state index contributed by atoms with van der Waals surface area (Å²) in [6.07, 6.45) is 2.38. The van der Waals surface area contributed by atoms with Gasteiger partial charge in [0.2, 0.25) is 17.7 Å². The summed E-state index contributed by atoms with van der Waals surface area (Å²) < 4.78 is 0. The highest BCUT2D eigenvalue weighted by Gasteiger charge is 2.32. The number of aromatic nitrogens is 2. The second kappa shape index (κ2) is 13.8. The topological polar surface area (TPSA) is 240 Å². The Bertz CT molecular complexity index is 946. The molecule has 2 heterocycles. The van der Waals surface area contributed by atoms with Crippen LogP contribution in [0.3, 0.4) is 0 Å². The number of nitrogens with zero attached hydrogens (tertiary/aromatic N) is 1. The summed E-state index contributed by atoms with van der Waals surface area (Å²) in [5.41, 5.74) is 0.515. The molecular formula is C21H30N6O9. The van der Waals surface area contributed by atoms with Crippen molar-refractivity contribution in [1.29, 1.82) is 0 Å². The van der Waals surface area contributed by atoms with Crippen molar-refractivity contribution in [3.63, 3.8) is 0 Å². The number of carbonyl (C=O) groups excluding carboxylic acids is 3. The third kappa shape index (κ3) is 9.32. The van der Waals surface area contributed by atoms with E-state index in [2.05, 4.69) is 31.2 Å². The maximum atomic E-state index is 13.1. The van der Waals surface area contributed by atoms with Crippen LogP contribution in [0.2, 0.25) is 0 Å². The third-order valence-corrected chi connectivity index (χ3v) is 5.53. The average molecular weight is 511 g/mol. The molecule has 15 heteroatoms. The van der Waals surface area contributed by atoms with Crippen LogP contribution in [-0.4, -0.2) is 91.6 Å². The molecule has 0 saturated carbocycles. The maximum Gasteiger partial charge on any atom is 0.326 e. The van der Waals surface area contributed by atoms with Gasteiger partial charge in [0, 0.05) is 31.2 Å². The molecule has 0 bridgehead atoms.